The van der Waals surface area contributed by atoms with Crippen molar-refractivity contribution in [3.63, 3.8) is 0 Å². The topological polar surface area (TPSA) is 46.6 Å². The standard InChI is InChI=1S/C14H21NO3S/c1-11-4-6-13(7-5-11)19(16,17)18-14-8-9-15(3)10-12(14)2/h4-7,12,14H,8-10H2,1-3H3/t12-,14+/m0/s1. The first-order valence-electron chi connectivity index (χ1n) is 6.57. The predicted octanol–water partition coefficient (Wildman–Crippen LogP) is 2.04. The lowest BCUT2D eigenvalue weighted by molar-refractivity contribution is 0.0689. The van der Waals surface area contributed by atoms with Crippen molar-refractivity contribution in [1.29, 1.82) is 0 Å². The number of piperidine rings is 1. The van der Waals surface area contributed by atoms with E-state index in [0.717, 1.165) is 25.1 Å². The van der Waals surface area contributed by atoms with Crippen LogP contribution in [-0.4, -0.2) is 39.6 Å². The van der Waals surface area contributed by atoms with Crippen molar-refractivity contribution in [2.75, 3.05) is 20.1 Å². The molecule has 0 radical (unpaired) electrons. The molecule has 0 aliphatic carbocycles. The average Bonchev–Trinajstić information content (AvgIpc) is 2.33. The summed E-state index contributed by atoms with van der Waals surface area (Å²) in [4.78, 5) is 2.44. The minimum absolute atomic E-state index is 0.220. The fraction of sp³-hybridized carbons (Fsp3) is 0.571. The van der Waals surface area contributed by atoms with Gasteiger partial charge in [-0.3, -0.25) is 4.18 Å². The third kappa shape index (κ3) is 3.55. The lowest BCUT2D eigenvalue weighted by atomic mass is 9.97. The molecule has 0 aromatic heterocycles. The third-order valence-electron chi connectivity index (χ3n) is 3.59. The Morgan fingerprint density at radius 2 is 1.89 bits per heavy atom. The van der Waals surface area contributed by atoms with Gasteiger partial charge in [0.05, 0.1) is 11.0 Å². The third-order valence-corrected chi connectivity index (χ3v) is 4.94. The Morgan fingerprint density at radius 1 is 1.26 bits per heavy atom. The van der Waals surface area contributed by atoms with E-state index in [-0.39, 0.29) is 16.9 Å². The van der Waals surface area contributed by atoms with E-state index in [2.05, 4.69) is 4.90 Å². The van der Waals surface area contributed by atoms with E-state index in [1.807, 2.05) is 20.9 Å². The molecule has 1 aromatic rings. The number of likely N-dealkylation sites (tertiary alicyclic amines) is 1. The summed E-state index contributed by atoms with van der Waals surface area (Å²) >= 11 is 0. The van der Waals surface area contributed by atoms with E-state index in [0.29, 0.717) is 0 Å². The van der Waals surface area contributed by atoms with Crippen LogP contribution in [0.4, 0.5) is 0 Å². The van der Waals surface area contributed by atoms with Crippen LogP contribution in [0.15, 0.2) is 29.2 Å². The smallest absolute Gasteiger partial charge is 0.297 e. The monoisotopic (exact) mass is 283 g/mol. The maximum atomic E-state index is 12.2. The second kappa shape index (κ2) is 5.61. The molecule has 4 nitrogen and oxygen atoms in total. The first kappa shape index (κ1) is 14.5. The van der Waals surface area contributed by atoms with E-state index in [4.69, 9.17) is 4.18 Å². The molecule has 0 spiro atoms. The van der Waals surface area contributed by atoms with E-state index in [1.54, 1.807) is 24.3 Å². The Kier molecular flexibility index (Phi) is 4.28. The Bertz CT molecular complexity index is 524. The van der Waals surface area contributed by atoms with Gasteiger partial charge in [-0.2, -0.15) is 8.42 Å². The molecule has 1 heterocycles. The van der Waals surface area contributed by atoms with Gasteiger partial charge in [0.1, 0.15) is 0 Å². The summed E-state index contributed by atoms with van der Waals surface area (Å²) in [5, 5.41) is 0. The zero-order chi connectivity index (χ0) is 14.0. The van der Waals surface area contributed by atoms with Gasteiger partial charge in [-0.25, -0.2) is 0 Å². The minimum atomic E-state index is -3.65. The van der Waals surface area contributed by atoms with Crippen LogP contribution in [0.3, 0.4) is 0 Å². The number of benzene rings is 1. The van der Waals surface area contributed by atoms with Crippen molar-refractivity contribution < 1.29 is 12.6 Å². The zero-order valence-electron chi connectivity index (χ0n) is 11.7. The molecule has 0 bridgehead atoms. The molecule has 2 rings (SSSR count). The van der Waals surface area contributed by atoms with Gasteiger partial charge in [0.2, 0.25) is 0 Å². The van der Waals surface area contributed by atoms with E-state index >= 15 is 0 Å². The molecule has 1 aliphatic heterocycles. The minimum Gasteiger partial charge on any atom is -0.306 e. The number of aryl methyl sites for hydroxylation is 1. The van der Waals surface area contributed by atoms with Crippen LogP contribution in [0, 0.1) is 12.8 Å². The molecular weight excluding hydrogens is 262 g/mol. The molecule has 106 valence electrons. The molecule has 2 atom stereocenters. The molecule has 0 saturated carbocycles. The number of hydrogen-bond acceptors (Lipinski definition) is 4. The molecule has 1 aromatic carbocycles. The highest BCUT2D eigenvalue weighted by Gasteiger charge is 2.30. The molecule has 1 aliphatic rings. The van der Waals surface area contributed by atoms with E-state index in [9.17, 15) is 8.42 Å². The van der Waals surface area contributed by atoms with Crippen LogP contribution in [0.25, 0.3) is 0 Å². The highest BCUT2D eigenvalue weighted by molar-refractivity contribution is 7.86. The van der Waals surface area contributed by atoms with Gasteiger partial charge in [0.25, 0.3) is 10.1 Å². The highest BCUT2D eigenvalue weighted by Crippen LogP contribution is 2.24. The summed E-state index contributed by atoms with van der Waals surface area (Å²) in [6, 6.07) is 6.78. The average molecular weight is 283 g/mol. The molecule has 0 unspecified atom stereocenters. The Balaban J connectivity index is 2.11. The predicted molar refractivity (Wildman–Crippen MR) is 74.5 cm³/mol. The van der Waals surface area contributed by atoms with Crippen LogP contribution >= 0.6 is 0 Å². The van der Waals surface area contributed by atoms with Crippen molar-refractivity contribution in [2.45, 2.75) is 31.3 Å². The Morgan fingerprint density at radius 3 is 2.47 bits per heavy atom. The normalized spacial score (nSPS) is 25.4. The fourth-order valence-electron chi connectivity index (χ4n) is 2.40. The Labute approximate surface area is 115 Å². The summed E-state index contributed by atoms with van der Waals surface area (Å²) < 4.78 is 29.8. The van der Waals surface area contributed by atoms with Crippen LogP contribution in [0.2, 0.25) is 0 Å². The second-order valence-electron chi connectivity index (χ2n) is 5.43. The van der Waals surface area contributed by atoms with Crippen molar-refractivity contribution in [2.24, 2.45) is 5.92 Å². The SMILES string of the molecule is Cc1ccc(S(=O)(=O)O[C@@H]2CCN(C)C[C@@H]2C)cc1. The number of nitrogens with zero attached hydrogens (tertiary/aromatic N) is 1. The zero-order valence-corrected chi connectivity index (χ0v) is 12.5. The lowest BCUT2D eigenvalue weighted by Crippen LogP contribution is -2.41. The summed E-state index contributed by atoms with van der Waals surface area (Å²) in [5.74, 6) is 0.221. The summed E-state index contributed by atoms with van der Waals surface area (Å²) in [7, 11) is -1.60. The number of rotatable bonds is 3. The van der Waals surface area contributed by atoms with Crippen LogP contribution < -0.4 is 0 Å². The van der Waals surface area contributed by atoms with Crippen LogP contribution in [0.5, 0.6) is 0 Å². The molecular formula is C14H21NO3S. The van der Waals surface area contributed by atoms with E-state index < -0.39 is 10.1 Å². The van der Waals surface area contributed by atoms with Gasteiger partial charge in [-0.1, -0.05) is 24.6 Å². The Hall–Kier alpha value is -0.910. The second-order valence-corrected chi connectivity index (χ2v) is 7.00. The maximum Gasteiger partial charge on any atom is 0.297 e. The number of hydrogen-bond donors (Lipinski definition) is 0. The van der Waals surface area contributed by atoms with Crippen molar-refractivity contribution in [3.05, 3.63) is 29.8 Å². The summed E-state index contributed by atoms with van der Waals surface area (Å²) in [5.41, 5.74) is 1.03. The van der Waals surface area contributed by atoms with E-state index in [1.165, 1.54) is 0 Å². The van der Waals surface area contributed by atoms with Crippen molar-refractivity contribution >= 4 is 10.1 Å². The molecule has 1 saturated heterocycles. The van der Waals surface area contributed by atoms with Crippen LogP contribution in [0.1, 0.15) is 18.9 Å². The van der Waals surface area contributed by atoms with Gasteiger partial charge < -0.3 is 4.90 Å². The lowest BCUT2D eigenvalue weighted by Gasteiger charge is -2.33. The van der Waals surface area contributed by atoms with Crippen molar-refractivity contribution in [3.8, 4) is 0 Å². The summed E-state index contributed by atoms with van der Waals surface area (Å²) in [6.07, 6.45) is 0.533. The molecule has 1 fully saturated rings. The quantitative estimate of drug-likeness (QED) is 0.796. The largest absolute Gasteiger partial charge is 0.306 e. The van der Waals surface area contributed by atoms with Gasteiger partial charge in [-0.15, -0.1) is 0 Å². The molecule has 19 heavy (non-hydrogen) atoms. The van der Waals surface area contributed by atoms with Gasteiger partial charge in [0, 0.05) is 13.1 Å². The molecule has 0 amide bonds. The first-order valence-corrected chi connectivity index (χ1v) is 7.98. The molecule has 0 N–H and O–H groups in total. The van der Waals surface area contributed by atoms with Crippen LogP contribution in [-0.2, 0) is 14.3 Å². The maximum absolute atomic E-state index is 12.2. The van der Waals surface area contributed by atoms with Crippen molar-refractivity contribution in [1.82, 2.24) is 4.90 Å². The highest BCUT2D eigenvalue weighted by atomic mass is 32.2. The fourth-order valence-corrected chi connectivity index (χ4v) is 3.59. The van der Waals surface area contributed by atoms with Gasteiger partial charge in [-0.05, 0) is 38.4 Å². The summed E-state index contributed by atoms with van der Waals surface area (Å²) in [6.45, 7) is 5.70. The molecule has 5 heteroatoms. The van der Waals surface area contributed by atoms with Gasteiger partial charge in [0.15, 0.2) is 0 Å². The van der Waals surface area contributed by atoms with Gasteiger partial charge >= 0.3 is 0 Å². The first-order chi connectivity index (χ1) is 8.88.